The molecule has 0 saturated carbocycles. The largest absolute Gasteiger partial charge is 0.300 e. The summed E-state index contributed by atoms with van der Waals surface area (Å²) in [5.41, 5.74) is 1.10. The van der Waals surface area contributed by atoms with Crippen LogP contribution in [-0.4, -0.2) is 0 Å². The van der Waals surface area contributed by atoms with Gasteiger partial charge in [0.1, 0.15) is 0 Å². The molecule has 11 heavy (non-hydrogen) atoms. The van der Waals surface area contributed by atoms with Gasteiger partial charge in [0.05, 0.1) is 6.61 Å². The fraction of sp³-hybridized carbons (Fsp3) is 0.143. The van der Waals surface area contributed by atoms with E-state index < -0.39 is 0 Å². The van der Waals surface area contributed by atoms with E-state index in [2.05, 4.69) is 4.84 Å². The summed E-state index contributed by atoms with van der Waals surface area (Å²) >= 11 is 0. The summed E-state index contributed by atoms with van der Waals surface area (Å²) in [6.07, 6.45) is 0. The molecule has 0 fully saturated rings. The van der Waals surface area contributed by atoms with Crippen LogP contribution in [0.1, 0.15) is 5.56 Å². The number of rotatable bonds is 2. The fourth-order valence-electron chi connectivity index (χ4n) is 0.670. The van der Waals surface area contributed by atoms with Gasteiger partial charge in [-0.2, -0.15) is 0 Å². The molecule has 4 heteroatoms. The van der Waals surface area contributed by atoms with Crippen molar-refractivity contribution in [3.05, 3.63) is 35.9 Å². The van der Waals surface area contributed by atoms with Crippen LogP contribution in [0, 0.1) is 0 Å². The molecule has 2 nitrogen and oxygen atoms in total. The number of halogens is 2. The highest BCUT2D eigenvalue weighted by Gasteiger charge is 1.85. The van der Waals surface area contributed by atoms with Crippen molar-refractivity contribution in [1.82, 2.24) is 0 Å². The molecule has 0 aliphatic rings. The van der Waals surface area contributed by atoms with Gasteiger partial charge >= 0.3 is 0 Å². The molecule has 0 amide bonds. The molecule has 0 saturated heterocycles. The van der Waals surface area contributed by atoms with Crippen molar-refractivity contribution in [3.8, 4) is 0 Å². The van der Waals surface area contributed by atoms with Gasteiger partial charge < -0.3 is 0 Å². The molecule has 0 aliphatic heterocycles. The molecule has 0 spiro atoms. The lowest BCUT2D eigenvalue weighted by Gasteiger charge is -1.94. The van der Waals surface area contributed by atoms with E-state index in [0.717, 1.165) is 5.56 Å². The minimum Gasteiger partial charge on any atom is -0.300 e. The van der Waals surface area contributed by atoms with Crippen LogP contribution in [0.4, 0.5) is 0 Å². The summed E-state index contributed by atoms with van der Waals surface area (Å²) in [7, 11) is 0. The normalized spacial score (nSPS) is 7.73. The molecule has 1 aromatic rings. The monoisotopic (exact) mass is 195 g/mol. The molecule has 0 aromatic heterocycles. The van der Waals surface area contributed by atoms with E-state index in [1.165, 1.54) is 0 Å². The Morgan fingerprint density at radius 3 is 2.09 bits per heavy atom. The van der Waals surface area contributed by atoms with Crippen molar-refractivity contribution < 1.29 is 4.84 Å². The van der Waals surface area contributed by atoms with Crippen molar-refractivity contribution in [1.29, 1.82) is 0 Å². The lowest BCUT2D eigenvalue weighted by molar-refractivity contribution is 0.124. The zero-order valence-corrected chi connectivity index (χ0v) is 7.53. The Hall–Kier alpha value is -0.280. The van der Waals surface area contributed by atoms with Crippen LogP contribution >= 0.6 is 24.8 Å². The Kier molecular flexibility index (Phi) is 9.47. The first-order valence-electron chi connectivity index (χ1n) is 2.79. The molecule has 0 atom stereocenters. The van der Waals surface area contributed by atoms with Crippen molar-refractivity contribution in [3.63, 3.8) is 0 Å². The van der Waals surface area contributed by atoms with Crippen LogP contribution in [0.15, 0.2) is 30.3 Å². The molecule has 64 valence electrons. The number of hydrogen-bond acceptors (Lipinski definition) is 2. The van der Waals surface area contributed by atoms with Gasteiger partial charge in [0, 0.05) is 0 Å². The molecule has 1 aromatic carbocycles. The van der Waals surface area contributed by atoms with Crippen LogP contribution in [0.3, 0.4) is 0 Å². The molecule has 1 rings (SSSR count). The Morgan fingerprint density at radius 2 is 1.64 bits per heavy atom. The predicted molar refractivity (Wildman–Crippen MR) is 49.9 cm³/mol. The highest BCUT2D eigenvalue weighted by Crippen LogP contribution is 1.97. The molecule has 2 N–H and O–H groups in total. The number of benzene rings is 1. The first kappa shape index (κ1) is 13.3. The van der Waals surface area contributed by atoms with Gasteiger partial charge in [0.25, 0.3) is 0 Å². The Bertz CT molecular complexity index is 169. The second-order valence-electron chi connectivity index (χ2n) is 1.80. The Labute approximate surface area is 78.5 Å². The average molecular weight is 196 g/mol. The van der Waals surface area contributed by atoms with Gasteiger partial charge in [-0.1, -0.05) is 30.3 Å². The minimum absolute atomic E-state index is 0. The van der Waals surface area contributed by atoms with Gasteiger partial charge in [-0.15, -0.1) is 24.8 Å². The van der Waals surface area contributed by atoms with Crippen LogP contribution < -0.4 is 5.90 Å². The van der Waals surface area contributed by atoms with E-state index in [9.17, 15) is 0 Å². The third-order valence-electron chi connectivity index (χ3n) is 1.09. The van der Waals surface area contributed by atoms with Crippen LogP contribution in [0.2, 0.25) is 0 Å². The van der Waals surface area contributed by atoms with Crippen molar-refractivity contribution in [2.45, 2.75) is 6.61 Å². The van der Waals surface area contributed by atoms with Crippen molar-refractivity contribution in [2.75, 3.05) is 0 Å². The van der Waals surface area contributed by atoms with Crippen LogP contribution in [0.25, 0.3) is 0 Å². The third-order valence-corrected chi connectivity index (χ3v) is 1.09. The summed E-state index contributed by atoms with van der Waals surface area (Å²) < 4.78 is 0. The highest BCUT2D eigenvalue weighted by atomic mass is 35.5. The van der Waals surface area contributed by atoms with Gasteiger partial charge in [-0.3, -0.25) is 4.84 Å². The summed E-state index contributed by atoms with van der Waals surface area (Å²) in [5, 5.41) is 0. The van der Waals surface area contributed by atoms with Crippen molar-refractivity contribution >= 4 is 24.8 Å². The van der Waals surface area contributed by atoms with Gasteiger partial charge in [0.15, 0.2) is 0 Å². The van der Waals surface area contributed by atoms with Crippen LogP contribution in [0.5, 0.6) is 0 Å². The van der Waals surface area contributed by atoms with E-state index in [4.69, 9.17) is 5.90 Å². The average Bonchev–Trinajstić information content (AvgIpc) is 1.91. The smallest absolute Gasteiger partial charge is 0.0930 e. The number of hydrogen-bond donors (Lipinski definition) is 1. The van der Waals surface area contributed by atoms with E-state index in [1.807, 2.05) is 30.3 Å². The van der Waals surface area contributed by atoms with Crippen LogP contribution in [-0.2, 0) is 11.4 Å². The third kappa shape index (κ3) is 5.04. The lowest BCUT2D eigenvalue weighted by Crippen LogP contribution is -1.97. The van der Waals surface area contributed by atoms with E-state index in [0.29, 0.717) is 6.61 Å². The topological polar surface area (TPSA) is 35.2 Å². The van der Waals surface area contributed by atoms with Gasteiger partial charge in [-0.25, -0.2) is 5.90 Å². The second kappa shape index (κ2) is 7.82. The van der Waals surface area contributed by atoms with Crippen molar-refractivity contribution in [2.24, 2.45) is 5.90 Å². The Balaban J connectivity index is 0. The Morgan fingerprint density at radius 1 is 1.09 bits per heavy atom. The first-order chi connectivity index (χ1) is 4.43. The SMILES string of the molecule is Cl.Cl.NOCc1ccccc1. The molecule has 0 radical (unpaired) electrons. The zero-order valence-electron chi connectivity index (χ0n) is 5.90. The summed E-state index contributed by atoms with van der Waals surface area (Å²) in [6, 6.07) is 9.79. The summed E-state index contributed by atoms with van der Waals surface area (Å²) in [5.74, 6) is 4.86. The second-order valence-corrected chi connectivity index (χ2v) is 1.80. The van der Waals surface area contributed by atoms with Gasteiger partial charge in [0.2, 0.25) is 0 Å². The lowest BCUT2D eigenvalue weighted by atomic mass is 10.2. The van der Waals surface area contributed by atoms with Gasteiger partial charge in [-0.05, 0) is 5.56 Å². The molecule has 0 bridgehead atoms. The van der Waals surface area contributed by atoms with E-state index in [1.54, 1.807) is 0 Å². The van der Waals surface area contributed by atoms with E-state index in [-0.39, 0.29) is 24.8 Å². The quantitative estimate of drug-likeness (QED) is 0.733. The zero-order chi connectivity index (χ0) is 6.53. The number of nitrogens with two attached hydrogens (primary N) is 1. The molecule has 0 heterocycles. The first-order valence-corrected chi connectivity index (χ1v) is 2.79. The van der Waals surface area contributed by atoms with E-state index >= 15 is 0 Å². The standard InChI is InChI=1S/C7H9NO.2ClH/c8-9-6-7-4-2-1-3-5-7;;/h1-5H,6,8H2;2*1H. The molecule has 0 aliphatic carbocycles. The predicted octanol–water partition coefficient (Wildman–Crippen LogP) is 1.92. The summed E-state index contributed by atoms with van der Waals surface area (Å²) in [6.45, 7) is 0.487. The molecular weight excluding hydrogens is 185 g/mol. The molecule has 0 unspecified atom stereocenters. The minimum atomic E-state index is 0. The maximum atomic E-state index is 4.86. The maximum Gasteiger partial charge on any atom is 0.0930 e. The maximum absolute atomic E-state index is 4.86. The fourth-order valence-corrected chi connectivity index (χ4v) is 0.670. The molecular formula is C7H11Cl2NO. The highest BCUT2D eigenvalue weighted by molar-refractivity contribution is 5.85. The summed E-state index contributed by atoms with van der Waals surface area (Å²) in [4.78, 5) is 4.43.